The molecule has 0 heterocycles. The number of benzene rings is 2. The van der Waals surface area contributed by atoms with E-state index in [0.717, 1.165) is 16.7 Å². The first-order chi connectivity index (χ1) is 17.8. The summed E-state index contributed by atoms with van der Waals surface area (Å²) in [5.74, 6) is -0.204. The Kier molecular flexibility index (Phi) is 10.7. The molecule has 0 aliphatic carbocycles. The molecule has 2 aromatic rings. The number of anilines is 1. The third kappa shape index (κ3) is 7.97. The lowest BCUT2D eigenvalue weighted by Crippen LogP contribution is -2.54. The molecular formula is C30H43N3O5. The third-order valence-corrected chi connectivity index (χ3v) is 6.51. The van der Waals surface area contributed by atoms with Gasteiger partial charge in [-0.05, 0) is 88.4 Å². The number of likely N-dealkylation sites (N-methyl/N-ethyl adjacent to an activating group) is 1. The van der Waals surface area contributed by atoms with E-state index >= 15 is 0 Å². The van der Waals surface area contributed by atoms with Gasteiger partial charge in [0.05, 0.1) is 7.11 Å². The maximum atomic E-state index is 14.1. The largest absolute Gasteiger partial charge is 0.497 e. The molecule has 0 spiro atoms. The van der Waals surface area contributed by atoms with E-state index in [2.05, 4.69) is 10.6 Å². The van der Waals surface area contributed by atoms with Crippen LogP contribution in [0, 0.1) is 19.8 Å². The molecule has 0 bridgehead atoms. The summed E-state index contributed by atoms with van der Waals surface area (Å²) in [6.45, 7) is 15.1. The topological polar surface area (TPSA) is 97.0 Å². The number of methoxy groups -OCH3 is 1. The Labute approximate surface area is 227 Å². The smallest absolute Gasteiger partial charge is 0.408 e. The van der Waals surface area contributed by atoms with E-state index in [1.165, 1.54) is 0 Å². The minimum Gasteiger partial charge on any atom is -0.497 e. The SMILES string of the molecule is CCC(C)C(NC(=O)OC(C)(C)C)C(=O)N(CC)C(C(=O)Nc1ccc(OC)cc1)c1c(C)cccc1C. The standard InChI is InChI=1S/C30H43N3O5/c1-10-19(3)25(32-29(36)38-30(6,7)8)28(35)33(11-2)26(24-20(4)13-12-14-21(24)5)27(34)31-22-15-17-23(37-9)18-16-22/h12-19,25-26H,10-11H2,1-9H3,(H,31,34)(H,32,36). The highest BCUT2D eigenvalue weighted by atomic mass is 16.6. The van der Waals surface area contributed by atoms with Crippen LogP contribution >= 0.6 is 0 Å². The van der Waals surface area contributed by atoms with Crippen molar-refractivity contribution in [2.75, 3.05) is 19.0 Å². The van der Waals surface area contributed by atoms with Crippen LogP contribution in [0.15, 0.2) is 42.5 Å². The van der Waals surface area contributed by atoms with Crippen LogP contribution in [0.2, 0.25) is 0 Å². The second kappa shape index (κ2) is 13.3. The Morgan fingerprint density at radius 1 is 0.974 bits per heavy atom. The average molecular weight is 526 g/mol. The van der Waals surface area contributed by atoms with Gasteiger partial charge in [0.25, 0.3) is 5.91 Å². The number of hydrogen-bond acceptors (Lipinski definition) is 5. The molecule has 2 rings (SSSR count). The molecule has 3 atom stereocenters. The Morgan fingerprint density at radius 2 is 1.55 bits per heavy atom. The lowest BCUT2D eigenvalue weighted by Gasteiger charge is -2.36. The Bertz CT molecular complexity index is 1090. The first-order valence-electron chi connectivity index (χ1n) is 13.1. The molecule has 0 fully saturated rings. The molecule has 208 valence electrons. The monoisotopic (exact) mass is 525 g/mol. The van der Waals surface area contributed by atoms with Gasteiger partial charge in [0.1, 0.15) is 23.4 Å². The second-order valence-electron chi connectivity index (χ2n) is 10.6. The lowest BCUT2D eigenvalue weighted by molar-refractivity contribution is -0.141. The summed E-state index contributed by atoms with van der Waals surface area (Å²) >= 11 is 0. The molecule has 0 aliphatic rings. The fourth-order valence-corrected chi connectivity index (χ4v) is 4.33. The van der Waals surface area contributed by atoms with Crippen LogP contribution in [0.4, 0.5) is 10.5 Å². The summed E-state index contributed by atoms with van der Waals surface area (Å²) < 4.78 is 10.7. The normalized spacial score (nSPS) is 13.6. The number of nitrogens with zero attached hydrogens (tertiary/aromatic N) is 1. The van der Waals surface area contributed by atoms with E-state index < -0.39 is 23.8 Å². The van der Waals surface area contributed by atoms with Crippen LogP contribution < -0.4 is 15.4 Å². The van der Waals surface area contributed by atoms with Gasteiger partial charge in [0.15, 0.2) is 0 Å². The van der Waals surface area contributed by atoms with Crippen molar-refractivity contribution in [2.45, 2.75) is 79.5 Å². The van der Waals surface area contributed by atoms with Crippen molar-refractivity contribution in [3.8, 4) is 5.75 Å². The fraction of sp³-hybridized carbons (Fsp3) is 0.500. The van der Waals surface area contributed by atoms with Gasteiger partial charge >= 0.3 is 6.09 Å². The van der Waals surface area contributed by atoms with E-state index in [1.54, 1.807) is 57.0 Å². The summed E-state index contributed by atoms with van der Waals surface area (Å²) in [4.78, 5) is 42.2. The van der Waals surface area contributed by atoms with Gasteiger partial charge in [0.2, 0.25) is 5.91 Å². The van der Waals surface area contributed by atoms with Crippen molar-refractivity contribution in [2.24, 2.45) is 5.92 Å². The summed E-state index contributed by atoms with van der Waals surface area (Å²) in [6.07, 6.45) is -0.0194. The van der Waals surface area contributed by atoms with Crippen LogP contribution in [0.25, 0.3) is 0 Å². The van der Waals surface area contributed by atoms with Gasteiger partial charge in [-0.1, -0.05) is 38.5 Å². The maximum absolute atomic E-state index is 14.1. The second-order valence-corrected chi connectivity index (χ2v) is 10.6. The van der Waals surface area contributed by atoms with Gasteiger partial charge in [-0.15, -0.1) is 0 Å². The van der Waals surface area contributed by atoms with Crippen molar-refractivity contribution in [3.63, 3.8) is 0 Å². The molecule has 8 nitrogen and oxygen atoms in total. The zero-order chi connectivity index (χ0) is 28.6. The minimum atomic E-state index is -0.914. The number of alkyl carbamates (subject to hydrolysis) is 1. The highest BCUT2D eigenvalue weighted by Gasteiger charge is 2.38. The van der Waals surface area contributed by atoms with Crippen molar-refractivity contribution in [1.82, 2.24) is 10.2 Å². The van der Waals surface area contributed by atoms with Crippen LogP contribution in [0.5, 0.6) is 5.75 Å². The maximum Gasteiger partial charge on any atom is 0.408 e. The zero-order valence-electron chi connectivity index (χ0n) is 24.2. The van der Waals surface area contributed by atoms with E-state index in [4.69, 9.17) is 9.47 Å². The Balaban J connectivity index is 2.52. The molecule has 3 unspecified atom stereocenters. The van der Waals surface area contributed by atoms with Crippen LogP contribution in [-0.2, 0) is 14.3 Å². The van der Waals surface area contributed by atoms with Crippen molar-refractivity contribution >= 4 is 23.6 Å². The molecule has 0 saturated carbocycles. The molecule has 0 saturated heterocycles. The van der Waals surface area contributed by atoms with Crippen molar-refractivity contribution in [3.05, 3.63) is 59.2 Å². The van der Waals surface area contributed by atoms with Crippen LogP contribution in [0.3, 0.4) is 0 Å². The van der Waals surface area contributed by atoms with Gasteiger partial charge < -0.3 is 25.0 Å². The zero-order valence-corrected chi connectivity index (χ0v) is 24.2. The van der Waals surface area contributed by atoms with E-state index in [-0.39, 0.29) is 24.3 Å². The van der Waals surface area contributed by atoms with Crippen LogP contribution in [0.1, 0.15) is 70.7 Å². The molecule has 38 heavy (non-hydrogen) atoms. The quantitative estimate of drug-likeness (QED) is 0.410. The fourth-order valence-electron chi connectivity index (χ4n) is 4.33. The molecule has 2 aromatic carbocycles. The van der Waals surface area contributed by atoms with Crippen molar-refractivity contribution in [1.29, 1.82) is 0 Å². The minimum absolute atomic E-state index is 0.188. The Hall–Kier alpha value is -3.55. The van der Waals surface area contributed by atoms with Gasteiger partial charge in [-0.2, -0.15) is 0 Å². The molecule has 0 radical (unpaired) electrons. The number of carbonyl (C=O) groups is 3. The molecule has 0 aromatic heterocycles. The predicted molar refractivity (Wildman–Crippen MR) is 150 cm³/mol. The average Bonchev–Trinajstić information content (AvgIpc) is 2.85. The number of amides is 3. The number of carbonyl (C=O) groups excluding carboxylic acids is 3. The number of rotatable bonds is 10. The number of hydrogen-bond donors (Lipinski definition) is 2. The summed E-state index contributed by atoms with van der Waals surface area (Å²) in [5, 5.41) is 5.75. The van der Waals surface area contributed by atoms with E-state index in [9.17, 15) is 14.4 Å². The summed E-state index contributed by atoms with van der Waals surface area (Å²) in [7, 11) is 1.58. The van der Waals surface area contributed by atoms with Crippen LogP contribution in [-0.4, -0.2) is 48.1 Å². The highest BCUT2D eigenvalue weighted by Crippen LogP contribution is 2.30. The highest BCUT2D eigenvalue weighted by molar-refractivity contribution is 5.99. The molecule has 2 N–H and O–H groups in total. The van der Waals surface area contributed by atoms with Gasteiger partial charge in [-0.25, -0.2) is 4.79 Å². The first-order valence-corrected chi connectivity index (χ1v) is 13.1. The van der Waals surface area contributed by atoms with Gasteiger partial charge in [0, 0.05) is 12.2 Å². The van der Waals surface area contributed by atoms with Gasteiger partial charge in [-0.3, -0.25) is 9.59 Å². The first kappa shape index (κ1) is 30.7. The number of aryl methyl sites for hydroxylation is 2. The third-order valence-electron chi connectivity index (χ3n) is 6.51. The predicted octanol–water partition coefficient (Wildman–Crippen LogP) is 5.78. The molecule has 0 aliphatic heterocycles. The summed E-state index contributed by atoms with van der Waals surface area (Å²) in [6, 6.07) is 11.0. The summed E-state index contributed by atoms with van der Waals surface area (Å²) in [5.41, 5.74) is 2.42. The lowest BCUT2D eigenvalue weighted by atomic mass is 9.92. The Morgan fingerprint density at radius 3 is 2.03 bits per heavy atom. The molecule has 8 heteroatoms. The van der Waals surface area contributed by atoms with E-state index in [0.29, 0.717) is 17.9 Å². The number of ether oxygens (including phenoxy) is 2. The molecule has 3 amide bonds. The number of nitrogens with one attached hydrogen (secondary N) is 2. The van der Waals surface area contributed by atoms with Crippen molar-refractivity contribution < 1.29 is 23.9 Å². The molecular weight excluding hydrogens is 482 g/mol. The van der Waals surface area contributed by atoms with E-state index in [1.807, 2.05) is 52.8 Å².